The summed E-state index contributed by atoms with van der Waals surface area (Å²) in [6, 6.07) is 8.54. The van der Waals surface area contributed by atoms with Crippen LogP contribution in [-0.4, -0.2) is 32.5 Å². The molecule has 1 aliphatic carbocycles. The molecule has 5 nitrogen and oxygen atoms in total. The summed E-state index contributed by atoms with van der Waals surface area (Å²) in [6.07, 6.45) is 4.67. The highest BCUT2D eigenvalue weighted by Crippen LogP contribution is 2.26. The van der Waals surface area contributed by atoms with Crippen LogP contribution in [0.3, 0.4) is 0 Å². The molecular weight excluding hydrogens is 320 g/mol. The maximum absolute atomic E-state index is 12.1. The lowest BCUT2D eigenvalue weighted by molar-refractivity contribution is -0.119. The molecule has 128 valence electrons. The van der Waals surface area contributed by atoms with Crippen molar-refractivity contribution in [3.8, 4) is 11.4 Å². The number of aryl methyl sites for hydroxylation is 1. The predicted octanol–water partition coefficient (Wildman–Crippen LogP) is 3.42. The van der Waals surface area contributed by atoms with Gasteiger partial charge in [0.1, 0.15) is 0 Å². The van der Waals surface area contributed by atoms with E-state index in [9.17, 15) is 4.79 Å². The van der Waals surface area contributed by atoms with Crippen LogP contribution in [0.15, 0.2) is 29.4 Å². The number of nitrogens with one attached hydrogen (secondary N) is 1. The Morgan fingerprint density at radius 1 is 1.29 bits per heavy atom. The van der Waals surface area contributed by atoms with Gasteiger partial charge in [0.15, 0.2) is 11.0 Å². The van der Waals surface area contributed by atoms with Gasteiger partial charge in [0, 0.05) is 18.2 Å². The molecule has 3 rings (SSSR count). The molecule has 6 heteroatoms. The van der Waals surface area contributed by atoms with Crippen LogP contribution < -0.4 is 5.32 Å². The van der Waals surface area contributed by atoms with Gasteiger partial charge in [0.25, 0.3) is 0 Å². The maximum Gasteiger partial charge on any atom is 0.230 e. The Labute approximate surface area is 147 Å². The summed E-state index contributed by atoms with van der Waals surface area (Å²) in [4.78, 5) is 12.1. The zero-order valence-corrected chi connectivity index (χ0v) is 15.1. The van der Waals surface area contributed by atoms with E-state index in [2.05, 4.69) is 46.1 Å². The molecule has 1 heterocycles. The predicted molar refractivity (Wildman–Crippen MR) is 97.0 cm³/mol. The number of aromatic nitrogens is 3. The molecular formula is C18H24N4OS. The largest absolute Gasteiger partial charge is 0.353 e. The van der Waals surface area contributed by atoms with Gasteiger partial charge in [-0.15, -0.1) is 10.2 Å². The number of hydrogen-bond donors (Lipinski definition) is 1. The molecule has 1 amide bonds. The zero-order chi connectivity index (χ0) is 16.9. The van der Waals surface area contributed by atoms with E-state index in [0.29, 0.717) is 11.8 Å². The molecule has 1 saturated carbocycles. The second kappa shape index (κ2) is 7.83. The molecule has 0 spiro atoms. The molecule has 1 N–H and O–H groups in total. The van der Waals surface area contributed by atoms with E-state index in [4.69, 9.17) is 0 Å². The van der Waals surface area contributed by atoms with Crippen molar-refractivity contribution in [2.45, 2.75) is 57.3 Å². The van der Waals surface area contributed by atoms with Gasteiger partial charge in [0.05, 0.1) is 5.75 Å². The SMILES string of the molecule is CCn1c(SCC(=O)NC2CCCC2)nnc1-c1ccccc1C. The third-order valence-corrected chi connectivity index (χ3v) is 5.44. The molecule has 1 aromatic heterocycles. The first-order valence-electron chi connectivity index (χ1n) is 8.60. The number of rotatable bonds is 6. The van der Waals surface area contributed by atoms with Crippen molar-refractivity contribution in [3.63, 3.8) is 0 Å². The van der Waals surface area contributed by atoms with E-state index >= 15 is 0 Å². The van der Waals surface area contributed by atoms with E-state index in [-0.39, 0.29) is 5.91 Å². The molecule has 0 aliphatic heterocycles. The van der Waals surface area contributed by atoms with Crippen molar-refractivity contribution in [1.29, 1.82) is 0 Å². The van der Waals surface area contributed by atoms with Gasteiger partial charge in [-0.05, 0) is 32.3 Å². The Bertz CT molecular complexity index is 707. The fourth-order valence-electron chi connectivity index (χ4n) is 3.17. The Morgan fingerprint density at radius 3 is 2.75 bits per heavy atom. The molecule has 0 bridgehead atoms. The minimum Gasteiger partial charge on any atom is -0.353 e. The monoisotopic (exact) mass is 344 g/mol. The van der Waals surface area contributed by atoms with E-state index < -0.39 is 0 Å². The number of thioether (sulfide) groups is 1. The first-order valence-corrected chi connectivity index (χ1v) is 9.59. The second-order valence-electron chi connectivity index (χ2n) is 6.20. The normalized spacial score (nSPS) is 14.9. The lowest BCUT2D eigenvalue weighted by atomic mass is 10.1. The fourth-order valence-corrected chi connectivity index (χ4v) is 3.99. The van der Waals surface area contributed by atoms with Crippen LogP contribution in [0, 0.1) is 6.92 Å². The zero-order valence-electron chi connectivity index (χ0n) is 14.3. The van der Waals surface area contributed by atoms with Crippen LogP contribution in [0.4, 0.5) is 0 Å². The number of nitrogens with zero attached hydrogens (tertiary/aromatic N) is 3. The minimum absolute atomic E-state index is 0.0926. The van der Waals surface area contributed by atoms with Crippen molar-refractivity contribution >= 4 is 17.7 Å². The highest BCUT2D eigenvalue weighted by Gasteiger charge is 2.19. The Hall–Kier alpha value is -1.82. The molecule has 0 atom stereocenters. The molecule has 1 aromatic carbocycles. The summed E-state index contributed by atoms with van der Waals surface area (Å²) in [5.41, 5.74) is 2.27. The van der Waals surface area contributed by atoms with Gasteiger partial charge in [-0.3, -0.25) is 4.79 Å². The van der Waals surface area contributed by atoms with Crippen LogP contribution in [-0.2, 0) is 11.3 Å². The van der Waals surface area contributed by atoms with Crippen molar-refractivity contribution in [3.05, 3.63) is 29.8 Å². The molecule has 0 saturated heterocycles. The molecule has 1 fully saturated rings. The fraction of sp³-hybridized carbons (Fsp3) is 0.500. The highest BCUT2D eigenvalue weighted by molar-refractivity contribution is 7.99. The van der Waals surface area contributed by atoms with Gasteiger partial charge in [-0.25, -0.2) is 0 Å². The van der Waals surface area contributed by atoms with E-state index in [0.717, 1.165) is 35.9 Å². The number of amides is 1. The second-order valence-corrected chi connectivity index (χ2v) is 7.15. The van der Waals surface area contributed by atoms with E-state index in [1.54, 1.807) is 0 Å². The lowest BCUT2D eigenvalue weighted by Crippen LogP contribution is -2.33. The van der Waals surface area contributed by atoms with Crippen LogP contribution >= 0.6 is 11.8 Å². The number of hydrogen-bond acceptors (Lipinski definition) is 4. The van der Waals surface area contributed by atoms with Crippen LogP contribution in [0.2, 0.25) is 0 Å². The van der Waals surface area contributed by atoms with Crippen molar-refractivity contribution in [2.75, 3.05) is 5.75 Å². The van der Waals surface area contributed by atoms with Crippen LogP contribution in [0.1, 0.15) is 38.2 Å². The first-order chi connectivity index (χ1) is 11.7. The Kier molecular flexibility index (Phi) is 5.56. The summed E-state index contributed by atoms with van der Waals surface area (Å²) in [5, 5.41) is 12.6. The summed E-state index contributed by atoms with van der Waals surface area (Å²) in [7, 11) is 0. The third kappa shape index (κ3) is 3.80. The van der Waals surface area contributed by atoms with Gasteiger partial charge in [-0.2, -0.15) is 0 Å². The van der Waals surface area contributed by atoms with Crippen molar-refractivity contribution in [1.82, 2.24) is 20.1 Å². The van der Waals surface area contributed by atoms with Crippen molar-refractivity contribution in [2.24, 2.45) is 0 Å². The van der Waals surface area contributed by atoms with Crippen molar-refractivity contribution < 1.29 is 4.79 Å². The van der Waals surface area contributed by atoms with E-state index in [1.807, 2.05) is 12.1 Å². The quantitative estimate of drug-likeness (QED) is 0.816. The summed E-state index contributed by atoms with van der Waals surface area (Å²) in [5.74, 6) is 1.35. The Balaban J connectivity index is 1.68. The number of carbonyl (C=O) groups excluding carboxylic acids is 1. The smallest absolute Gasteiger partial charge is 0.230 e. The van der Waals surface area contributed by atoms with Crippen LogP contribution in [0.5, 0.6) is 0 Å². The topological polar surface area (TPSA) is 59.8 Å². The first kappa shape index (κ1) is 17.0. The summed E-state index contributed by atoms with van der Waals surface area (Å²) >= 11 is 1.46. The third-order valence-electron chi connectivity index (χ3n) is 4.47. The molecule has 2 aromatic rings. The average molecular weight is 344 g/mol. The van der Waals surface area contributed by atoms with Gasteiger partial charge in [-0.1, -0.05) is 48.9 Å². The average Bonchev–Trinajstić information content (AvgIpc) is 3.22. The molecule has 24 heavy (non-hydrogen) atoms. The summed E-state index contributed by atoms with van der Waals surface area (Å²) < 4.78 is 2.08. The standard InChI is InChI=1S/C18H24N4OS/c1-3-22-17(15-11-7-4-8-13(15)2)20-21-18(22)24-12-16(23)19-14-9-5-6-10-14/h4,7-8,11,14H,3,5-6,9-10,12H2,1-2H3,(H,19,23). The van der Waals surface area contributed by atoms with Gasteiger partial charge in [0.2, 0.25) is 5.91 Å². The maximum atomic E-state index is 12.1. The number of carbonyl (C=O) groups is 1. The van der Waals surface area contributed by atoms with Crippen LogP contribution in [0.25, 0.3) is 11.4 Å². The van der Waals surface area contributed by atoms with Gasteiger partial charge >= 0.3 is 0 Å². The summed E-state index contributed by atoms with van der Waals surface area (Å²) in [6.45, 7) is 4.93. The van der Waals surface area contributed by atoms with E-state index in [1.165, 1.54) is 30.2 Å². The number of benzene rings is 1. The molecule has 1 aliphatic rings. The Morgan fingerprint density at radius 2 is 2.04 bits per heavy atom. The lowest BCUT2D eigenvalue weighted by Gasteiger charge is -2.12. The highest BCUT2D eigenvalue weighted by atomic mass is 32.2. The molecule has 0 unspecified atom stereocenters. The van der Waals surface area contributed by atoms with Gasteiger partial charge < -0.3 is 9.88 Å². The minimum atomic E-state index is 0.0926. The molecule has 0 radical (unpaired) electrons.